The minimum Gasteiger partial charge on any atom is -0.494 e. The lowest BCUT2D eigenvalue weighted by Gasteiger charge is -2.00. The summed E-state index contributed by atoms with van der Waals surface area (Å²) in [6.45, 7) is 2.51. The SMILES string of the molecule is CCOc1ccc2nc(OC(=O)CS)[nH]c2c1. The summed E-state index contributed by atoms with van der Waals surface area (Å²) in [6, 6.07) is 5.60. The third kappa shape index (κ3) is 2.71. The maximum absolute atomic E-state index is 11.0. The first-order chi connectivity index (χ1) is 8.22. The van der Waals surface area contributed by atoms with Crippen molar-refractivity contribution in [1.29, 1.82) is 0 Å². The Labute approximate surface area is 104 Å². The van der Waals surface area contributed by atoms with Crippen LogP contribution in [0.1, 0.15) is 6.92 Å². The van der Waals surface area contributed by atoms with E-state index in [1.807, 2.05) is 19.1 Å². The van der Waals surface area contributed by atoms with Crippen LogP contribution in [0.5, 0.6) is 11.8 Å². The third-order valence-corrected chi connectivity index (χ3v) is 2.34. The van der Waals surface area contributed by atoms with Crippen LogP contribution < -0.4 is 9.47 Å². The van der Waals surface area contributed by atoms with Gasteiger partial charge in [-0.15, -0.1) is 0 Å². The zero-order valence-corrected chi connectivity index (χ0v) is 10.2. The molecular weight excluding hydrogens is 240 g/mol. The highest BCUT2D eigenvalue weighted by atomic mass is 32.1. The maximum atomic E-state index is 11.0. The first kappa shape index (κ1) is 11.8. The van der Waals surface area contributed by atoms with Crippen molar-refractivity contribution >= 4 is 29.6 Å². The van der Waals surface area contributed by atoms with Crippen LogP contribution in [0.2, 0.25) is 0 Å². The minimum atomic E-state index is -0.447. The second-order valence-corrected chi connectivity index (χ2v) is 3.60. The molecule has 0 aliphatic heterocycles. The van der Waals surface area contributed by atoms with Crippen molar-refractivity contribution in [2.24, 2.45) is 0 Å². The Balaban J connectivity index is 2.27. The molecule has 0 atom stereocenters. The number of benzene rings is 1. The van der Waals surface area contributed by atoms with Gasteiger partial charge in [0.05, 0.1) is 23.4 Å². The number of thiol groups is 1. The van der Waals surface area contributed by atoms with Crippen LogP contribution in [-0.4, -0.2) is 28.3 Å². The van der Waals surface area contributed by atoms with Gasteiger partial charge in [-0.2, -0.15) is 17.6 Å². The smallest absolute Gasteiger partial charge is 0.323 e. The van der Waals surface area contributed by atoms with Crippen LogP contribution in [0.3, 0.4) is 0 Å². The molecule has 0 radical (unpaired) electrons. The van der Waals surface area contributed by atoms with Gasteiger partial charge in [-0.3, -0.25) is 4.79 Å². The van der Waals surface area contributed by atoms with Crippen LogP contribution in [0.15, 0.2) is 18.2 Å². The Morgan fingerprint density at radius 2 is 2.35 bits per heavy atom. The molecule has 17 heavy (non-hydrogen) atoms. The largest absolute Gasteiger partial charge is 0.494 e. The van der Waals surface area contributed by atoms with Gasteiger partial charge in [0.25, 0.3) is 0 Å². The van der Waals surface area contributed by atoms with Crippen LogP contribution in [0.25, 0.3) is 11.0 Å². The summed E-state index contributed by atoms with van der Waals surface area (Å²) in [5.74, 6) is 0.314. The maximum Gasteiger partial charge on any atom is 0.323 e. The first-order valence-electron chi connectivity index (χ1n) is 5.17. The number of carbonyl (C=O) groups is 1. The number of ether oxygens (including phenoxy) is 2. The lowest BCUT2D eigenvalue weighted by Crippen LogP contribution is -2.09. The van der Waals surface area contributed by atoms with Crippen molar-refractivity contribution in [1.82, 2.24) is 9.97 Å². The molecule has 0 unspecified atom stereocenters. The molecule has 0 saturated heterocycles. The van der Waals surface area contributed by atoms with Crippen molar-refractivity contribution in [3.05, 3.63) is 18.2 Å². The number of aromatic amines is 1. The Kier molecular flexibility index (Phi) is 3.53. The molecule has 1 N–H and O–H groups in total. The number of imidazole rings is 1. The number of nitrogens with one attached hydrogen (secondary N) is 1. The second-order valence-electron chi connectivity index (χ2n) is 3.29. The number of hydrogen-bond acceptors (Lipinski definition) is 5. The number of esters is 1. The van der Waals surface area contributed by atoms with Gasteiger partial charge >= 0.3 is 12.0 Å². The van der Waals surface area contributed by atoms with Crippen molar-refractivity contribution in [2.45, 2.75) is 6.92 Å². The number of fused-ring (bicyclic) bond motifs is 1. The van der Waals surface area contributed by atoms with E-state index < -0.39 is 5.97 Å². The molecule has 6 heteroatoms. The minimum absolute atomic E-state index is 0.0151. The van der Waals surface area contributed by atoms with E-state index in [0.29, 0.717) is 6.61 Å². The summed E-state index contributed by atoms with van der Waals surface area (Å²) < 4.78 is 10.3. The molecule has 1 heterocycles. The normalized spacial score (nSPS) is 10.5. The topological polar surface area (TPSA) is 64.2 Å². The molecule has 0 fully saturated rings. The first-order valence-corrected chi connectivity index (χ1v) is 5.80. The van der Waals surface area contributed by atoms with Gasteiger partial charge in [0.15, 0.2) is 0 Å². The third-order valence-electron chi connectivity index (χ3n) is 2.08. The van der Waals surface area contributed by atoms with E-state index in [0.717, 1.165) is 16.8 Å². The van der Waals surface area contributed by atoms with Crippen LogP contribution in [0, 0.1) is 0 Å². The van der Waals surface area contributed by atoms with E-state index in [1.54, 1.807) is 6.07 Å². The van der Waals surface area contributed by atoms with Gasteiger partial charge in [-0.05, 0) is 19.1 Å². The molecule has 0 amide bonds. The number of nitrogens with zero attached hydrogens (tertiary/aromatic N) is 1. The summed E-state index contributed by atoms with van der Waals surface area (Å²) in [7, 11) is 0. The van der Waals surface area contributed by atoms with Gasteiger partial charge < -0.3 is 14.5 Å². The molecule has 0 aliphatic carbocycles. The molecule has 0 aliphatic rings. The number of H-pyrrole nitrogens is 1. The molecule has 1 aromatic heterocycles. The second kappa shape index (κ2) is 5.09. The molecule has 0 spiro atoms. The highest BCUT2D eigenvalue weighted by Crippen LogP contribution is 2.21. The predicted octanol–water partition coefficient (Wildman–Crippen LogP) is 1.80. The van der Waals surface area contributed by atoms with Gasteiger partial charge in [0.2, 0.25) is 0 Å². The van der Waals surface area contributed by atoms with E-state index >= 15 is 0 Å². The average Bonchev–Trinajstić information content (AvgIpc) is 2.70. The van der Waals surface area contributed by atoms with Crippen LogP contribution in [0.4, 0.5) is 0 Å². The lowest BCUT2D eigenvalue weighted by molar-refractivity contribution is -0.131. The monoisotopic (exact) mass is 252 g/mol. The number of hydrogen-bond donors (Lipinski definition) is 2. The number of rotatable bonds is 4. The van der Waals surface area contributed by atoms with Crippen LogP contribution in [-0.2, 0) is 4.79 Å². The number of carbonyl (C=O) groups excluding carboxylic acids is 1. The average molecular weight is 252 g/mol. The predicted molar refractivity (Wildman–Crippen MR) is 66.8 cm³/mol. The lowest BCUT2D eigenvalue weighted by atomic mass is 10.3. The van der Waals surface area contributed by atoms with Gasteiger partial charge in [-0.1, -0.05) is 0 Å². The Bertz CT molecular complexity index is 538. The fourth-order valence-electron chi connectivity index (χ4n) is 1.41. The molecule has 2 rings (SSSR count). The van der Waals surface area contributed by atoms with Gasteiger partial charge in [-0.25, -0.2) is 0 Å². The molecule has 90 valence electrons. The molecular formula is C11H12N2O3S. The van der Waals surface area contributed by atoms with E-state index in [-0.39, 0.29) is 11.8 Å². The van der Waals surface area contributed by atoms with Gasteiger partial charge in [0, 0.05) is 6.07 Å². The summed E-state index contributed by atoms with van der Waals surface area (Å²) in [5.41, 5.74) is 1.48. The van der Waals surface area contributed by atoms with Crippen molar-refractivity contribution in [3.8, 4) is 11.8 Å². The fourth-order valence-corrected chi connectivity index (χ4v) is 1.47. The van der Waals surface area contributed by atoms with Crippen molar-refractivity contribution < 1.29 is 14.3 Å². The van der Waals surface area contributed by atoms with Crippen molar-refractivity contribution in [2.75, 3.05) is 12.4 Å². The molecule has 0 bridgehead atoms. The molecule has 1 aromatic carbocycles. The van der Waals surface area contributed by atoms with Crippen LogP contribution >= 0.6 is 12.6 Å². The van der Waals surface area contributed by atoms with E-state index in [1.165, 1.54) is 0 Å². The zero-order chi connectivity index (χ0) is 12.3. The Morgan fingerprint density at radius 3 is 3.06 bits per heavy atom. The Morgan fingerprint density at radius 1 is 1.53 bits per heavy atom. The highest BCUT2D eigenvalue weighted by Gasteiger charge is 2.08. The van der Waals surface area contributed by atoms with E-state index in [2.05, 4.69) is 22.6 Å². The summed E-state index contributed by atoms with van der Waals surface area (Å²) in [4.78, 5) is 18.0. The van der Waals surface area contributed by atoms with E-state index in [4.69, 9.17) is 9.47 Å². The summed E-state index contributed by atoms with van der Waals surface area (Å²) in [5, 5.41) is 0. The van der Waals surface area contributed by atoms with Crippen molar-refractivity contribution in [3.63, 3.8) is 0 Å². The number of aromatic nitrogens is 2. The quantitative estimate of drug-likeness (QED) is 0.643. The summed E-state index contributed by atoms with van der Waals surface area (Å²) >= 11 is 3.82. The molecule has 5 nitrogen and oxygen atoms in total. The zero-order valence-electron chi connectivity index (χ0n) is 9.27. The standard InChI is InChI=1S/C11H12N2O3S/c1-2-15-7-3-4-8-9(5-7)13-11(12-8)16-10(14)6-17/h3-5,17H,2,6H2,1H3,(H,12,13). The Hall–Kier alpha value is -1.69. The summed E-state index contributed by atoms with van der Waals surface area (Å²) in [6.07, 6.45) is 0. The molecule has 0 saturated carbocycles. The molecule has 2 aromatic rings. The fraction of sp³-hybridized carbons (Fsp3) is 0.273. The van der Waals surface area contributed by atoms with Gasteiger partial charge in [0.1, 0.15) is 5.75 Å². The van der Waals surface area contributed by atoms with E-state index in [9.17, 15) is 4.79 Å². The highest BCUT2D eigenvalue weighted by molar-refractivity contribution is 7.81.